The van der Waals surface area contributed by atoms with Crippen LogP contribution in [0.15, 0.2) is 18.2 Å². The second-order valence-electron chi connectivity index (χ2n) is 3.55. The quantitative estimate of drug-likeness (QED) is 0.611. The van der Waals surface area contributed by atoms with Gasteiger partial charge in [-0.3, -0.25) is 10.1 Å². The number of nitrogens with one attached hydrogen (secondary N) is 1. The van der Waals surface area contributed by atoms with Crippen molar-refractivity contribution in [3.05, 3.63) is 39.7 Å². The van der Waals surface area contributed by atoms with E-state index in [0.29, 0.717) is 25.3 Å². The first kappa shape index (κ1) is 11.0. The van der Waals surface area contributed by atoms with Crippen LogP contribution in [-0.2, 0) is 4.74 Å². The van der Waals surface area contributed by atoms with E-state index in [1.807, 2.05) is 0 Å². The molecule has 1 unspecified atom stereocenters. The zero-order valence-electron chi connectivity index (χ0n) is 8.48. The summed E-state index contributed by atoms with van der Waals surface area (Å²) in [6, 6.07) is 3.80. The molecule has 1 saturated heterocycles. The summed E-state index contributed by atoms with van der Waals surface area (Å²) in [7, 11) is 0. The lowest BCUT2D eigenvalue weighted by molar-refractivity contribution is -0.387. The highest BCUT2D eigenvalue weighted by Gasteiger charge is 2.20. The van der Waals surface area contributed by atoms with E-state index in [1.54, 1.807) is 0 Å². The molecule has 0 aromatic heterocycles. The van der Waals surface area contributed by atoms with Gasteiger partial charge in [-0.15, -0.1) is 0 Å². The molecule has 1 aliphatic rings. The van der Waals surface area contributed by atoms with Gasteiger partial charge in [-0.25, -0.2) is 0 Å². The molecule has 1 heterocycles. The Morgan fingerprint density at radius 3 is 3.00 bits per heavy atom. The molecule has 1 fully saturated rings. The molecule has 0 bridgehead atoms. The van der Waals surface area contributed by atoms with Gasteiger partial charge in [-0.05, 0) is 11.6 Å². The molecule has 0 aliphatic carbocycles. The van der Waals surface area contributed by atoms with Crippen LogP contribution in [0.25, 0.3) is 0 Å². The van der Waals surface area contributed by atoms with Crippen molar-refractivity contribution in [1.29, 1.82) is 0 Å². The van der Waals surface area contributed by atoms with E-state index < -0.39 is 16.4 Å². The normalized spacial score (nSPS) is 20.7. The molecule has 1 aromatic rings. The Hall–Kier alpha value is -1.53. The predicted molar refractivity (Wildman–Crippen MR) is 54.6 cm³/mol. The molecule has 6 heteroatoms. The van der Waals surface area contributed by atoms with Crippen LogP contribution < -0.4 is 5.32 Å². The smallest absolute Gasteiger partial charge is 0.305 e. The number of ether oxygens (including phenoxy) is 1. The zero-order chi connectivity index (χ0) is 11.5. The summed E-state index contributed by atoms with van der Waals surface area (Å²) in [6.07, 6.45) is 0. The Kier molecular flexibility index (Phi) is 3.12. The maximum Gasteiger partial charge on any atom is 0.305 e. The lowest BCUT2D eigenvalue weighted by Crippen LogP contribution is -2.34. The van der Waals surface area contributed by atoms with Gasteiger partial charge in [0.2, 0.25) is 5.82 Å². The minimum atomic E-state index is -0.814. The Morgan fingerprint density at radius 1 is 1.56 bits per heavy atom. The highest BCUT2D eigenvalue weighted by atomic mass is 19.1. The molecule has 1 aliphatic heterocycles. The summed E-state index contributed by atoms with van der Waals surface area (Å²) in [5.74, 6) is -0.814. The summed E-state index contributed by atoms with van der Waals surface area (Å²) in [5.41, 5.74) is 0.178. The van der Waals surface area contributed by atoms with Gasteiger partial charge < -0.3 is 10.1 Å². The lowest BCUT2D eigenvalue weighted by Gasteiger charge is -2.23. The third-order valence-corrected chi connectivity index (χ3v) is 2.49. The number of rotatable bonds is 2. The molecule has 5 nitrogen and oxygen atoms in total. The van der Waals surface area contributed by atoms with Crippen molar-refractivity contribution in [2.75, 3.05) is 19.8 Å². The van der Waals surface area contributed by atoms with Gasteiger partial charge in [0.05, 0.1) is 24.2 Å². The average Bonchev–Trinajstić information content (AvgIpc) is 2.30. The van der Waals surface area contributed by atoms with Crippen LogP contribution >= 0.6 is 0 Å². The highest BCUT2D eigenvalue weighted by Crippen LogP contribution is 2.23. The second kappa shape index (κ2) is 4.54. The van der Waals surface area contributed by atoms with Crippen LogP contribution in [0, 0.1) is 15.9 Å². The van der Waals surface area contributed by atoms with E-state index in [1.165, 1.54) is 12.1 Å². The van der Waals surface area contributed by atoms with Crippen molar-refractivity contribution < 1.29 is 14.1 Å². The summed E-state index contributed by atoms with van der Waals surface area (Å²) in [6.45, 7) is 1.76. The molecule has 1 aromatic carbocycles. The van der Waals surface area contributed by atoms with Gasteiger partial charge in [0.1, 0.15) is 0 Å². The number of halogens is 1. The first-order valence-electron chi connectivity index (χ1n) is 4.93. The van der Waals surface area contributed by atoms with Crippen molar-refractivity contribution in [3.8, 4) is 0 Å². The first-order valence-corrected chi connectivity index (χ1v) is 4.93. The Bertz CT molecular complexity index is 405. The summed E-state index contributed by atoms with van der Waals surface area (Å²) in [4.78, 5) is 9.85. The van der Waals surface area contributed by atoms with E-state index in [2.05, 4.69) is 5.32 Å². The molecular weight excluding hydrogens is 215 g/mol. The molecule has 16 heavy (non-hydrogen) atoms. The highest BCUT2D eigenvalue weighted by molar-refractivity contribution is 5.37. The van der Waals surface area contributed by atoms with Crippen molar-refractivity contribution in [2.24, 2.45) is 0 Å². The molecule has 0 saturated carbocycles. The van der Waals surface area contributed by atoms with Crippen molar-refractivity contribution in [3.63, 3.8) is 0 Å². The minimum absolute atomic E-state index is 0.104. The SMILES string of the molecule is O=[N+]([O-])c1cc(C2COCCN2)ccc1F. The first-order chi connectivity index (χ1) is 7.68. The van der Waals surface area contributed by atoms with Gasteiger partial charge in [-0.2, -0.15) is 4.39 Å². The average molecular weight is 226 g/mol. The van der Waals surface area contributed by atoms with E-state index in [-0.39, 0.29) is 6.04 Å². The van der Waals surface area contributed by atoms with Gasteiger partial charge in [0, 0.05) is 12.6 Å². The number of nitro benzene ring substituents is 1. The summed E-state index contributed by atoms with van der Waals surface area (Å²) < 4.78 is 18.3. The molecule has 0 spiro atoms. The largest absolute Gasteiger partial charge is 0.378 e. The van der Waals surface area contributed by atoms with Crippen LogP contribution in [0.4, 0.5) is 10.1 Å². The fourth-order valence-corrected chi connectivity index (χ4v) is 1.67. The van der Waals surface area contributed by atoms with E-state index in [4.69, 9.17) is 4.74 Å². The zero-order valence-corrected chi connectivity index (χ0v) is 8.48. The molecule has 1 atom stereocenters. The molecule has 1 N–H and O–H groups in total. The van der Waals surface area contributed by atoms with Crippen LogP contribution in [0.1, 0.15) is 11.6 Å². The molecule has 86 valence electrons. The van der Waals surface area contributed by atoms with Crippen LogP contribution in [-0.4, -0.2) is 24.7 Å². The number of nitrogens with zero attached hydrogens (tertiary/aromatic N) is 1. The number of benzene rings is 1. The van der Waals surface area contributed by atoms with Gasteiger partial charge in [0.25, 0.3) is 0 Å². The van der Waals surface area contributed by atoms with Crippen LogP contribution in [0.2, 0.25) is 0 Å². The van der Waals surface area contributed by atoms with Crippen LogP contribution in [0.5, 0.6) is 0 Å². The van der Waals surface area contributed by atoms with Crippen molar-refractivity contribution >= 4 is 5.69 Å². The Morgan fingerprint density at radius 2 is 2.38 bits per heavy atom. The second-order valence-corrected chi connectivity index (χ2v) is 3.55. The number of hydrogen-bond acceptors (Lipinski definition) is 4. The molecule has 0 radical (unpaired) electrons. The molecular formula is C10H11FN2O3. The van der Waals surface area contributed by atoms with Gasteiger partial charge >= 0.3 is 5.69 Å². The molecule has 0 amide bonds. The van der Waals surface area contributed by atoms with E-state index in [0.717, 1.165) is 6.07 Å². The predicted octanol–water partition coefficient (Wildman–Crippen LogP) is 1.39. The minimum Gasteiger partial charge on any atom is -0.378 e. The Labute approximate surface area is 91.4 Å². The van der Waals surface area contributed by atoms with Gasteiger partial charge in [0.15, 0.2) is 0 Å². The Balaban J connectivity index is 2.27. The lowest BCUT2D eigenvalue weighted by atomic mass is 10.1. The van der Waals surface area contributed by atoms with Crippen LogP contribution in [0.3, 0.4) is 0 Å². The number of morpholine rings is 1. The third-order valence-electron chi connectivity index (χ3n) is 2.49. The van der Waals surface area contributed by atoms with E-state index >= 15 is 0 Å². The molecule has 2 rings (SSSR count). The van der Waals surface area contributed by atoms with Crippen molar-refractivity contribution in [1.82, 2.24) is 5.32 Å². The van der Waals surface area contributed by atoms with Crippen molar-refractivity contribution in [2.45, 2.75) is 6.04 Å². The fourth-order valence-electron chi connectivity index (χ4n) is 1.67. The standard InChI is InChI=1S/C10H11FN2O3/c11-8-2-1-7(5-10(8)13(14)15)9-6-16-4-3-12-9/h1-2,5,9,12H,3-4,6H2. The van der Waals surface area contributed by atoms with Gasteiger partial charge in [-0.1, -0.05) is 6.07 Å². The topological polar surface area (TPSA) is 64.4 Å². The third kappa shape index (κ3) is 2.17. The fraction of sp³-hybridized carbons (Fsp3) is 0.400. The number of hydrogen-bond donors (Lipinski definition) is 1. The maximum atomic E-state index is 13.1. The summed E-state index contributed by atoms with van der Waals surface area (Å²) >= 11 is 0. The maximum absolute atomic E-state index is 13.1. The monoisotopic (exact) mass is 226 g/mol. The summed E-state index contributed by atoms with van der Waals surface area (Å²) in [5, 5.41) is 13.7. The number of nitro groups is 1. The van der Waals surface area contributed by atoms with E-state index in [9.17, 15) is 14.5 Å².